The molecule has 0 heterocycles. The van der Waals surface area contributed by atoms with Gasteiger partial charge < -0.3 is 0 Å². The number of hydrogen-bond donors (Lipinski definition) is 0. The molecule has 0 saturated heterocycles. The van der Waals surface area contributed by atoms with E-state index in [9.17, 15) is 0 Å². The van der Waals surface area contributed by atoms with Gasteiger partial charge >= 0.3 is 0 Å². The van der Waals surface area contributed by atoms with Crippen molar-refractivity contribution in [2.75, 3.05) is 11.9 Å². The summed E-state index contributed by atoms with van der Waals surface area (Å²) in [6.07, 6.45) is 3.06. The lowest BCUT2D eigenvalue weighted by Gasteiger charge is -2.12. The van der Waals surface area contributed by atoms with Crippen LogP contribution in [0, 0.1) is 11.5 Å². The maximum Gasteiger partial charge on any atom is 0.184 e. The van der Waals surface area contributed by atoms with E-state index in [-0.39, 0.29) is 0 Å². The summed E-state index contributed by atoms with van der Waals surface area (Å²) in [6, 6.07) is 6.05. The summed E-state index contributed by atoms with van der Waals surface area (Å²) in [7, 11) is 1.75. The van der Waals surface area contributed by atoms with Crippen LogP contribution in [0.2, 0.25) is 0 Å². The highest BCUT2D eigenvalue weighted by molar-refractivity contribution is 9.10. The van der Waals surface area contributed by atoms with Gasteiger partial charge in [-0.2, -0.15) is 5.26 Å². The predicted octanol–water partition coefficient (Wildman–Crippen LogP) is 2.93. The summed E-state index contributed by atoms with van der Waals surface area (Å²) >= 11 is 3.41. The number of hydrogen-bond acceptors (Lipinski definition) is 2. The number of rotatable bonds is 2. The first-order valence-corrected chi connectivity index (χ1v) is 4.90. The maximum absolute atomic E-state index is 8.73. The minimum Gasteiger partial charge on any atom is -0.281 e. The third kappa shape index (κ3) is 2.22. The van der Waals surface area contributed by atoms with E-state index in [0.717, 1.165) is 16.6 Å². The molecule has 0 atom stereocenters. The zero-order valence-corrected chi connectivity index (χ0v) is 9.30. The van der Waals surface area contributed by atoms with Crippen LogP contribution < -0.4 is 4.90 Å². The van der Waals surface area contributed by atoms with Crippen molar-refractivity contribution in [3.63, 3.8) is 0 Å². The van der Waals surface area contributed by atoms with E-state index in [0.29, 0.717) is 0 Å². The Morgan fingerprint density at radius 1 is 1.54 bits per heavy atom. The van der Waals surface area contributed by atoms with Crippen LogP contribution in [0.1, 0.15) is 12.5 Å². The summed E-state index contributed by atoms with van der Waals surface area (Å²) in [5.74, 6) is 0. The molecule has 0 aliphatic rings. The Bertz CT molecular complexity index is 341. The van der Waals surface area contributed by atoms with Crippen molar-refractivity contribution in [2.24, 2.45) is 0 Å². The van der Waals surface area contributed by atoms with Crippen molar-refractivity contribution in [2.45, 2.75) is 13.3 Å². The number of halogens is 1. The average Bonchev–Trinajstić information content (AvgIpc) is 2.17. The number of benzene rings is 1. The lowest BCUT2D eigenvalue weighted by molar-refractivity contribution is 1.12. The lowest BCUT2D eigenvalue weighted by atomic mass is 10.1. The van der Waals surface area contributed by atoms with Crippen LogP contribution in [0.15, 0.2) is 22.7 Å². The first kappa shape index (κ1) is 10.1. The molecular weight excluding hydrogens is 228 g/mol. The topological polar surface area (TPSA) is 27.0 Å². The molecule has 0 fully saturated rings. The Kier molecular flexibility index (Phi) is 3.32. The average molecular weight is 239 g/mol. The van der Waals surface area contributed by atoms with Gasteiger partial charge in [-0.1, -0.05) is 13.0 Å². The first-order valence-electron chi connectivity index (χ1n) is 4.11. The maximum atomic E-state index is 8.73. The first-order chi connectivity index (χ1) is 6.19. The highest BCUT2D eigenvalue weighted by atomic mass is 79.9. The second-order valence-corrected chi connectivity index (χ2v) is 3.65. The fourth-order valence-electron chi connectivity index (χ4n) is 1.09. The van der Waals surface area contributed by atoms with E-state index in [2.05, 4.69) is 35.1 Å². The minimum absolute atomic E-state index is 0.918. The Hall–Kier alpha value is -1.01. The van der Waals surface area contributed by atoms with Gasteiger partial charge in [0.05, 0.1) is 5.69 Å². The smallest absolute Gasteiger partial charge is 0.184 e. The van der Waals surface area contributed by atoms with E-state index >= 15 is 0 Å². The van der Waals surface area contributed by atoms with Gasteiger partial charge in [-0.3, -0.25) is 4.90 Å². The quantitative estimate of drug-likeness (QED) is 0.586. The number of anilines is 1. The van der Waals surface area contributed by atoms with Gasteiger partial charge in [0, 0.05) is 11.5 Å². The molecule has 0 saturated carbocycles. The molecule has 68 valence electrons. The van der Waals surface area contributed by atoms with Crippen molar-refractivity contribution >= 4 is 21.6 Å². The van der Waals surface area contributed by atoms with Crippen molar-refractivity contribution in [1.82, 2.24) is 0 Å². The summed E-state index contributed by atoms with van der Waals surface area (Å²) in [5, 5.41) is 8.73. The molecule has 1 aromatic rings. The summed E-state index contributed by atoms with van der Waals surface area (Å²) < 4.78 is 0.953. The van der Waals surface area contributed by atoms with E-state index in [1.807, 2.05) is 12.1 Å². The van der Waals surface area contributed by atoms with E-state index in [1.54, 1.807) is 11.9 Å². The highest BCUT2D eigenvalue weighted by Crippen LogP contribution is 2.26. The highest BCUT2D eigenvalue weighted by Gasteiger charge is 2.04. The van der Waals surface area contributed by atoms with Crippen LogP contribution in [-0.4, -0.2) is 7.05 Å². The standard InChI is InChI=1S/C10H11BrN2/c1-3-8-4-5-9(11)10(6-8)13(2)7-12/h4-6H,3H2,1-2H3. The van der Waals surface area contributed by atoms with Crippen molar-refractivity contribution in [1.29, 1.82) is 5.26 Å². The van der Waals surface area contributed by atoms with Crippen LogP contribution in [0.4, 0.5) is 5.69 Å². The molecule has 0 N–H and O–H groups in total. The third-order valence-corrected chi connectivity index (χ3v) is 2.60. The van der Waals surface area contributed by atoms with Gasteiger partial charge in [0.1, 0.15) is 0 Å². The monoisotopic (exact) mass is 238 g/mol. The molecular formula is C10H11BrN2. The van der Waals surface area contributed by atoms with Gasteiger partial charge in [0.25, 0.3) is 0 Å². The predicted molar refractivity (Wildman–Crippen MR) is 57.5 cm³/mol. The van der Waals surface area contributed by atoms with Gasteiger partial charge in [-0.05, 0) is 40.0 Å². The van der Waals surface area contributed by atoms with Crippen LogP contribution in [0.25, 0.3) is 0 Å². The van der Waals surface area contributed by atoms with Gasteiger partial charge in [0.2, 0.25) is 0 Å². The summed E-state index contributed by atoms with van der Waals surface area (Å²) in [5.41, 5.74) is 2.15. The van der Waals surface area contributed by atoms with Gasteiger partial charge in [-0.15, -0.1) is 0 Å². The molecule has 2 nitrogen and oxygen atoms in total. The normalized spacial score (nSPS) is 9.38. The van der Waals surface area contributed by atoms with E-state index in [1.165, 1.54) is 5.56 Å². The van der Waals surface area contributed by atoms with Gasteiger partial charge in [0.15, 0.2) is 6.19 Å². The van der Waals surface area contributed by atoms with Crippen LogP contribution in [0.3, 0.4) is 0 Å². The Balaban J connectivity index is 3.12. The molecule has 13 heavy (non-hydrogen) atoms. The fraction of sp³-hybridized carbons (Fsp3) is 0.300. The second-order valence-electron chi connectivity index (χ2n) is 2.80. The van der Waals surface area contributed by atoms with Crippen LogP contribution in [-0.2, 0) is 6.42 Å². The van der Waals surface area contributed by atoms with Crippen molar-refractivity contribution < 1.29 is 0 Å². The minimum atomic E-state index is 0.918. The fourth-order valence-corrected chi connectivity index (χ4v) is 1.60. The van der Waals surface area contributed by atoms with Crippen molar-refractivity contribution in [3.8, 4) is 6.19 Å². The molecule has 0 aromatic heterocycles. The molecule has 0 unspecified atom stereocenters. The molecule has 0 amide bonds. The van der Waals surface area contributed by atoms with E-state index < -0.39 is 0 Å². The zero-order valence-electron chi connectivity index (χ0n) is 7.71. The van der Waals surface area contributed by atoms with Crippen molar-refractivity contribution in [3.05, 3.63) is 28.2 Å². The number of nitrogens with zero attached hydrogens (tertiary/aromatic N) is 2. The van der Waals surface area contributed by atoms with Crippen LogP contribution in [0.5, 0.6) is 0 Å². The number of nitriles is 1. The largest absolute Gasteiger partial charge is 0.281 e. The summed E-state index contributed by atoms with van der Waals surface area (Å²) in [6.45, 7) is 2.10. The molecule has 0 spiro atoms. The molecule has 0 aliphatic heterocycles. The third-order valence-electron chi connectivity index (χ3n) is 1.93. The lowest BCUT2D eigenvalue weighted by Crippen LogP contribution is -2.08. The zero-order chi connectivity index (χ0) is 9.84. The van der Waals surface area contributed by atoms with Gasteiger partial charge in [-0.25, -0.2) is 0 Å². The molecule has 3 heteroatoms. The van der Waals surface area contributed by atoms with E-state index in [4.69, 9.17) is 5.26 Å². The Morgan fingerprint density at radius 2 is 2.23 bits per heavy atom. The molecule has 0 radical (unpaired) electrons. The molecule has 1 aromatic carbocycles. The molecule has 0 bridgehead atoms. The molecule has 1 rings (SSSR count). The number of aryl methyl sites for hydroxylation is 1. The summed E-state index contributed by atoms with van der Waals surface area (Å²) in [4.78, 5) is 1.54. The Labute approximate surface area is 86.9 Å². The van der Waals surface area contributed by atoms with Crippen LogP contribution >= 0.6 is 15.9 Å². The Morgan fingerprint density at radius 3 is 2.77 bits per heavy atom. The SMILES string of the molecule is CCc1ccc(Br)c(N(C)C#N)c1. The molecule has 0 aliphatic carbocycles. The second kappa shape index (κ2) is 4.29.